The zero-order chi connectivity index (χ0) is 13.3. The summed E-state index contributed by atoms with van der Waals surface area (Å²) in [7, 11) is 1.51. The lowest BCUT2D eigenvalue weighted by Crippen LogP contribution is -2.45. The van der Waals surface area contributed by atoms with Crippen LogP contribution in [-0.2, 0) is 14.4 Å². The third-order valence-corrected chi connectivity index (χ3v) is 3.95. The number of hydrogen-bond donors (Lipinski definition) is 2. The molecule has 18 heavy (non-hydrogen) atoms. The van der Waals surface area contributed by atoms with Gasteiger partial charge in [0.05, 0.1) is 12.5 Å². The van der Waals surface area contributed by atoms with Crippen LogP contribution < -0.4 is 11.1 Å². The topological polar surface area (TPSA) is 92.5 Å². The molecule has 1 saturated heterocycles. The minimum Gasteiger partial charge on any atom is -0.369 e. The van der Waals surface area contributed by atoms with Crippen LogP contribution in [0.25, 0.3) is 0 Å². The molecule has 100 valence electrons. The van der Waals surface area contributed by atoms with E-state index in [1.807, 2.05) is 0 Å². The van der Waals surface area contributed by atoms with Gasteiger partial charge in [0.25, 0.3) is 0 Å². The van der Waals surface area contributed by atoms with Crippen LogP contribution in [0.2, 0.25) is 0 Å². The van der Waals surface area contributed by atoms with Gasteiger partial charge in [-0.15, -0.1) is 0 Å². The van der Waals surface area contributed by atoms with Crippen LogP contribution in [0.3, 0.4) is 0 Å². The maximum atomic E-state index is 11.7. The molecule has 0 aromatic carbocycles. The van der Waals surface area contributed by atoms with Gasteiger partial charge in [-0.2, -0.15) is 0 Å². The van der Waals surface area contributed by atoms with Crippen LogP contribution in [0.1, 0.15) is 32.1 Å². The van der Waals surface area contributed by atoms with Crippen LogP contribution in [-0.4, -0.2) is 41.8 Å². The Morgan fingerprint density at radius 2 is 1.89 bits per heavy atom. The Morgan fingerprint density at radius 1 is 1.28 bits per heavy atom. The van der Waals surface area contributed by atoms with E-state index in [1.54, 1.807) is 0 Å². The number of likely N-dealkylation sites (tertiary alicyclic amines) is 1. The SMILES string of the molecule is CN1C(=O)CC(NC2CCC(C(N)=O)CC2)C1=O. The number of nitrogens with two attached hydrogens (primary N) is 1. The number of carbonyl (C=O) groups excluding carboxylic acids is 3. The predicted octanol–water partition coefficient (Wildman–Crippen LogP) is -0.623. The maximum absolute atomic E-state index is 11.7. The summed E-state index contributed by atoms with van der Waals surface area (Å²) in [5, 5.41) is 3.22. The van der Waals surface area contributed by atoms with Crippen molar-refractivity contribution >= 4 is 17.7 Å². The fourth-order valence-electron chi connectivity index (χ4n) is 2.71. The average molecular weight is 253 g/mol. The van der Waals surface area contributed by atoms with E-state index in [2.05, 4.69) is 5.32 Å². The Hall–Kier alpha value is -1.43. The number of amides is 3. The van der Waals surface area contributed by atoms with E-state index in [0.717, 1.165) is 25.7 Å². The van der Waals surface area contributed by atoms with Crippen molar-refractivity contribution in [2.75, 3.05) is 7.05 Å². The van der Waals surface area contributed by atoms with Crippen LogP contribution in [0.4, 0.5) is 0 Å². The number of nitrogens with zero attached hydrogens (tertiary/aromatic N) is 1. The molecule has 0 aromatic heterocycles. The molecule has 1 aliphatic heterocycles. The highest BCUT2D eigenvalue weighted by molar-refractivity contribution is 6.05. The number of rotatable bonds is 3. The quantitative estimate of drug-likeness (QED) is 0.655. The second-order valence-electron chi connectivity index (χ2n) is 5.17. The number of hydrogen-bond acceptors (Lipinski definition) is 4. The largest absolute Gasteiger partial charge is 0.369 e. The van der Waals surface area contributed by atoms with Crippen molar-refractivity contribution in [1.82, 2.24) is 10.2 Å². The molecule has 1 aliphatic carbocycles. The Bertz CT molecular complexity index is 375. The monoisotopic (exact) mass is 253 g/mol. The molecular formula is C12H19N3O3. The molecule has 3 N–H and O–H groups in total. The average Bonchev–Trinajstić information content (AvgIpc) is 2.58. The molecule has 3 amide bonds. The summed E-state index contributed by atoms with van der Waals surface area (Å²) in [5.41, 5.74) is 5.27. The first-order valence-electron chi connectivity index (χ1n) is 6.34. The summed E-state index contributed by atoms with van der Waals surface area (Å²) in [6, 6.07) is -0.188. The number of carbonyl (C=O) groups is 3. The molecule has 1 heterocycles. The molecule has 1 unspecified atom stereocenters. The first-order valence-corrected chi connectivity index (χ1v) is 6.34. The van der Waals surface area contributed by atoms with Gasteiger partial charge in [0.1, 0.15) is 0 Å². The molecule has 2 fully saturated rings. The van der Waals surface area contributed by atoms with Gasteiger partial charge in [-0.05, 0) is 25.7 Å². The Labute approximate surface area is 106 Å². The summed E-state index contributed by atoms with van der Waals surface area (Å²) in [4.78, 5) is 35.3. The number of imide groups is 1. The molecule has 2 rings (SSSR count). The zero-order valence-corrected chi connectivity index (χ0v) is 10.5. The van der Waals surface area contributed by atoms with Gasteiger partial charge in [-0.25, -0.2) is 0 Å². The van der Waals surface area contributed by atoms with Gasteiger partial charge < -0.3 is 11.1 Å². The molecule has 0 spiro atoms. The van der Waals surface area contributed by atoms with Crippen molar-refractivity contribution in [3.05, 3.63) is 0 Å². The summed E-state index contributed by atoms with van der Waals surface area (Å²) in [5.74, 6) is -0.563. The molecule has 2 aliphatic rings. The normalized spacial score (nSPS) is 32.9. The highest BCUT2D eigenvalue weighted by atomic mass is 16.2. The number of nitrogens with one attached hydrogen (secondary N) is 1. The fourth-order valence-corrected chi connectivity index (χ4v) is 2.71. The predicted molar refractivity (Wildman–Crippen MR) is 64.3 cm³/mol. The molecule has 1 saturated carbocycles. The highest BCUT2D eigenvalue weighted by Crippen LogP contribution is 2.25. The molecule has 0 radical (unpaired) electrons. The highest BCUT2D eigenvalue weighted by Gasteiger charge is 2.37. The van der Waals surface area contributed by atoms with Crippen LogP contribution in [0.15, 0.2) is 0 Å². The lowest BCUT2D eigenvalue weighted by Gasteiger charge is -2.29. The third-order valence-electron chi connectivity index (χ3n) is 3.95. The standard InChI is InChI=1S/C12H19N3O3/c1-15-10(16)6-9(12(15)18)14-8-4-2-7(3-5-8)11(13)17/h7-9,14H,2-6H2,1H3,(H2,13,17). The van der Waals surface area contributed by atoms with Gasteiger partial charge in [-0.1, -0.05) is 0 Å². The lowest BCUT2D eigenvalue weighted by atomic mass is 9.85. The number of primary amides is 1. The van der Waals surface area contributed by atoms with E-state index in [9.17, 15) is 14.4 Å². The zero-order valence-electron chi connectivity index (χ0n) is 10.5. The first kappa shape index (κ1) is 13.0. The van der Waals surface area contributed by atoms with E-state index in [1.165, 1.54) is 11.9 Å². The van der Waals surface area contributed by atoms with Crippen molar-refractivity contribution in [2.24, 2.45) is 11.7 Å². The molecule has 0 aromatic rings. The van der Waals surface area contributed by atoms with Gasteiger partial charge in [0.15, 0.2) is 0 Å². The first-order chi connectivity index (χ1) is 8.49. The Kier molecular flexibility index (Phi) is 3.65. The summed E-state index contributed by atoms with van der Waals surface area (Å²) < 4.78 is 0. The van der Waals surface area contributed by atoms with E-state index < -0.39 is 6.04 Å². The van der Waals surface area contributed by atoms with Crippen molar-refractivity contribution in [3.63, 3.8) is 0 Å². The third kappa shape index (κ3) is 2.53. The maximum Gasteiger partial charge on any atom is 0.246 e. The summed E-state index contributed by atoms with van der Waals surface area (Å²) >= 11 is 0. The molecule has 1 atom stereocenters. The Morgan fingerprint density at radius 3 is 2.33 bits per heavy atom. The number of likely N-dealkylation sites (N-methyl/N-ethyl adjacent to an activating group) is 1. The summed E-state index contributed by atoms with van der Waals surface area (Å²) in [6.45, 7) is 0. The fraction of sp³-hybridized carbons (Fsp3) is 0.750. The van der Waals surface area contributed by atoms with Crippen LogP contribution >= 0.6 is 0 Å². The minimum absolute atomic E-state index is 0.0355. The van der Waals surface area contributed by atoms with E-state index >= 15 is 0 Å². The van der Waals surface area contributed by atoms with Crippen LogP contribution in [0, 0.1) is 5.92 Å². The van der Waals surface area contributed by atoms with E-state index in [0.29, 0.717) is 0 Å². The molecule has 0 bridgehead atoms. The minimum atomic E-state index is -0.391. The smallest absolute Gasteiger partial charge is 0.246 e. The van der Waals surface area contributed by atoms with Crippen LogP contribution in [0.5, 0.6) is 0 Å². The summed E-state index contributed by atoms with van der Waals surface area (Å²) in [6.07, 6.45) is 3.42. The second-order valence-corrected chi connectivity index (χ2v) is 5.17. The van der Waals surface area contributed by atoms with Crippen molar-refractivity contribution in [2.45, 2.75) is 44.2 Å². The van der Waals surface area contributed by atoms with Crippen molar-refractivity contribution < 1.29 is 14.4 Å². The molecule has 6 heteroatoms. The molecule has 6 nitrogen and oxygen atoms in total. The van der Waals surface area contributed by atoms with Gasteiger partial charge in [0.2, 0.25) is 17.7 Å². The van der Waals surface area contributed by atoms with E-state index in [-0.39, 0.29) is 36.1 Å². The second kappa shape index (κ2) is 5.06. The van der Waals surface area contributed by atoms with Gasteiger partial charge in [0, 0.05) is 19.0 Å². The molecular weight excluding hydrogens is 234 g/mol. The van der Waals surface area contributed by atoms with Crippen molar-refractivity contribution in [3.8, 4) is 0 Å². The van der Waals surface area contributed by atoms with Crippen molar-refractivity contribution in [1.29, 1.82) is 0 Å². The van der Waals surface area contributed by atoms with Gasteiger partial charge in [-0.3, -0.25) is 19.3 Å². The van der Waals surface area contributed by atoms with E-state index in [4.69, 9.17) is 5.73 Å². The Balaban J connectivity index is 1.84. The lowest BCUT2D eigenvalue weighted by molar-refractivity contribution is -0.137. The van der Waals surface area contributed by atoms with Gasteiger partial charge >= 0.3 is 0 Å².